The van der Waals surface area contributed by atoms with E-state index in [1.165, 1.54) is 6.07 Å². The number of nitrogens with zero attached hydrogens (tertiary/aromatic N) is 2. The third kappa shape index (κ3) is 3.32. The first-order valence-corrected chi connectivity index (χ1v) is 7.93. The molecular weight excluding hydrogens is 315 g/mol. The van der Waals surface area contributed by atoms with Crippen molar-refractivity contribution in [3.63, 3.8) is 0 Å². The van der Waals surface area contributed by atoms with Crippen LogP contribution < -0.4 is 15.8 Å². The molecule has 1 aromatic rings. The fraction of sp³-hybridized carbons (Fsp3) is 0.438. The quantitative estimate of drug-likeness (QED) is 0.762. The van der Waals surface area contributed by atoms with Gasteiger partial charge in [-0.1, -0.05) is 12.1 Å². The van der Waals surface area contributed by atoms with E-state index in [4.69, 9.17) is 0 Å². The second-order valence-corrected chi connectivity index (χ2v) is 5.89. The molecule has 0 unspecified atom stereocenters. The predicted octanol–water partition coefficient (Wildman–Crippen LogP) is 0.0317. The lowest BCUT2D eigenvalue weighted by Crippen LogP contribution is -2.49. The van der Waals surface area contributed by atoms with Gasteiger partial charge in [-0.3, -0.25) is 25.2 Å². The van der Waals surface area contributed by atoms with E-state index in [1.807, 2.05) is 4.90 Å². The molecule has 0 saturated carbocycles. The molecule has 8 heteroatoms. The van der Waals surface area contributed by atoms with Crippen LogP contribution in [-0.2, 0) is 14.4 Å². The highest BCUT2D eigenvalue weighted by atomic mass is 19.1. The molecular formula is C16H19FN4O3. The number of piperazine rings is 1. The second-order valence-electron chi connectivity index (χ2n) is 5.89. The first-order chi connectivity index (χ1) is 11.6. The van der Waals surface area contributed by atoms with Crippen molar-refractivity contribution in [1.29, 1.82) is 0 Å². The van der Waals surface area contributed by atoms with Crippen LogP contribution in [-0.4, -0.2) is 48.8 Å². The molecule has 128 valence electrons. The molecule has 2 N–H and O–H groups in total. The standard InChI is InChI=1S/C16H19FN4O3/c17-12-3-1-2-4-13(12)20-7-9-21(10-8-20)14(22)6-5-11-15(23)18-19-16(11)24/h1-4,11H,5-10H2,(H,18,23)(H,19,24). The smallest absolute Gasteiger partial charge is 0.251 e. The predicted molar refractivity (Wildman–Crippen MR) is 84.2 cm³/mol. The summed E-state index contributed by atoms with van der Waals surface area (Å²) in [4.78, 5) is 38.7. The van der Waals surface area contributed by atoms with Gasteiger partial charge in [0.05, 0.1) is 5.69 Å². The van der Waals surface area contributed by atoms with Crippen LogP contribution in [0.5, 0.6) is 0 Å². The minimum atomic E-state index is -0.798. The first kappa shape index (κ1) is 16.2. The Morgan fingerprint density at radius 3 is 2.33 bits per heavy atom. The molecule has 0 aliphatic carbocycles. The lowest BCUT2D eigenvalue weighted by Gasteiger charge is -2.36. The zero-order valence-corrected chi connectivity index (χ0v) is 13.1. The van der Waals surface area contributed by atoms with Crippen molar-refractivity contribution in [3.05, 3.63) is 30.1 Å². The molecule has 2 saturated heterocycles. The van der Waals surface area contributed by atoms with E-state index in [1.54, 1.807) is 23.1 Å². The molecule has 0 spiro atoms. The van der Waals surface area contributed by atoms with Gasteiger partial charge in [-0.2, -0.15) is 0 Å². The lowest BCUT2D eigenvalue weighted by molar-refractivity contribution is -0.132. The van der Waals surface area contributed by atoms with E-state index < -0.39 is 17.7 Å². The molecule has 3 amide bonds. The molecule has 2 aliphatic rings. The van der Waals surface area contributed by atoms with Crippen molar-refractivity contribution in [2.45, 2.75) is 12.8 Å². The van der Waals surface area contributed by atoms with Crippen molar-refractivity contribution in [1.82, 2.24) is 15.8 Å². The van der Waals surface area contributed by atoms with E-state index in [0.29, 0.717) is 31.9 Å². The molecule has 24 heavy (non-hydrogen) atoms. The number of anilines is 1. The van der Waals surface area contributed by atoms with Crippen LogP contribution in [0.2, 0.25) is 0 Å². The molecule has 0 radical (unpaired) electrons. The topological polar surface area (TPSA) is 81.8 Å². The van der Waals surface area contributed by atoms with Crippen LogP contribution in [0.25, 0.3) is 0 Å². The second kappa shape index (κ2) is 6.86. The Morgan fingerprint density at radius 2 is 1.71 bits per heavy atom. The summed E-state index contributed by atoms with van der Waals surface area (Å²) in [5.74, 6) is -1.94. The third-order valence-corrected chi connectivity index (χ3v) is 4.41. The van der Waals surface area contributed by atoms with Gasteiger partial charge in [-0.05, 0) is 18.6 Å². The van der Waals surface area contributed by atoms with Gasteiger partial charge in [-0.25, -0.2) is 4.39 Å². The Hall–Kier alpha value is -2.64. The van der Waals surface area contributed by atoms with Crippen LogP contribution in [0.1, 0.15) is 12.8 Å². The third-order valence-electron chi connectivity index (χ3n) is 4.41. The van der Waals surface area contributed by atoms with Gasteiger partial charge < -0.3 is 9.80 Å². The number of nitrogens with one attached hydrogen (secondary N) is 2. The number of para-hydroxylation sites is 1. The zero-order chi connectivity index (χ0) is 17.1. The van der Waals surface area contributed by atoms with E-state index >= 15 is 0 Å². The first-order valence-electron chi connectivity index (χ1n) is 7.93. The normalized spacial score (nSPS) is 18.5. The van der Waals surface area contributed by atoms with Crippen molar-refractivity contribution >= 4 is 23.4 Å². The Morgan fingerprint density at radius 1 is 1.08 bits per heavy atom. The van der Waals surface area contributed by atoms with Crippen LogP contribution in [0.15, 0.2) is 24.3 Å². The van der Waals surface area contributed by atoms with E-state index in [9.17, 15) is 18.8 Å². The van der Waals surface area contributed by atoms with Crippen molar-refractivity contribution in [3.8, 4) is 0 Å². The number of carbonyl (C=O) groups excluding carboxylic acids is 3. The average Bonchev–Trinajstić information content (AvgIpc) is 2.91. The average molecular weight is 334 g/mol. The zero-order valence-electron chi connectivity index (χ0n) is 13.1. The molecule has 7 nitrogen and oxygen atoms in total. The Bertz CT molecular complexity index is 642. The number of benzene rings is 1. The molecule has 1 aromatic carbocycles. The SMILES string of the molecule is O=C1NNC(=O)C1CCC(=O)N1CCN(c2ccccc2F)CC1. The number of hydrogen-bond donors (Lipinski definition) is 2. The molecule has 0 aromatic heterocycles. The highest BCUT2D eigenvalue weighted by molar-refractivity contribution is 6.05. The van der Waals surface area contributed by atoms with Gasteiger partial charge in [0.15, 0.2) is 0 Å². The molecule has 3 rings (SSSR count). The van der Waals surface area contributed by atoms with Gasteiger partial charge in [-0.15, -0.1) is 0 Å². The summed E-state index contributed by atoms with van der Waals surface area (Å²) in [6, 6.07) is 6.58. The van der Waals surface area contributed by atoms with Gasteiger partial charge in [0.2, 0.25) is 5.91 Å². The summed E-state index contributed by atoms with van der Waals surface area (Å²) in [6.07, 6.45) is 0.342. The largest absolute Gasteiger partial charge is 0.366 e. The maximum atomic E-state index is 13.8. The maximum Gasteiger partial charge on any atom is 0.251 e. The Kier molecular flexibility index (Phi) is 4.64. The Balaban J connectivity index is 1.49. The van der Waals surface area contributed by atoms with Gasteiger partial charge in [0.1, 0.15) is 11.7 Å². The summed E-state index contributed by atoms with van der Waals surface area (Å²) in [6.45, 7) is 2.10. The van der Waals surface area contributed by atoms with Crippen molar-refractivity contribution < 1.29 is 18.8 Å². The molecule has 2 aliphatic heterocycles. The highest BCUT2D eigenvalue weighted by Gasteiger charge is 2.33. The number of amides is 3. The van der Waals surface area contributed by atoms with Crippen molar-refractivity contribution in [2.75, 3.05) is 31.1 Å². The molecule has 0 atom stereocenters. The minimum Gasteiger partial charge on any atom is -0.366 e. The van der Waals surface area contributed by atoms with Crippen molar-refractivity contribution in [2.24, 2.45) is 5.92 Å². The molecule has 0 bridgehead atoms. The van der Waals surface area contributed by atoms with E-state index in [0.717, 1.165) is 0 Å². The van der Waals surface area contributed by atoms with Gasteiger partial charge >= 0.3 is 0 Å². The number of hydrogen-bond acceptors (Lipinski definition) is 4. The van der Waals surface area contributed by atoms with Crippen LogP contribution in [0.3, 0.4) is 0 Å². The monoisotopic (exact) mass is 334 g/mol. The highest BCUT2D eigenvalue weighted by Crippen LogP contribution is 2.20. The number of hydrazine groups is 1. The van der Waals surface area contributed by atoms with E-state index in [-0.39, 0.29) is 24.6 Å². The van der Waals surface area contributed by atoms with Gasteiger partial charge in [0, 0.05) is 32.6 Å². The molecule has 2 fully saturated rings. The van der Waals surface area contributed by atoms with Gasteiger partial charge in [0.25, 0.3) is 11.8 Å². The summed E-state index contributed by atoms with van der Waals surface area (Å²) >= 11 is 0. The summed E-state index contributed by atoms with van der Waals surface area (Å²) in [5, 5.41) is 0. The fourth-order valence-electron chi connectivity index (χ4n) is 3.01. The Labute approximate surface area is 138 Å². The number of halogens is 1. The number of carbonyl (C=O) groups is 3. The summed E-state index contributed by atoms with van der Waals surface area (Å²) < 4.78 is 13.8. The summed E-state index contributed by atoms with van der Waals surface area (Å²) in [7, 11) is 0. The maximum absolute atomic E-state index is 13.8. The van der Waals surface area contributed by atoms with Crippen LogP contribution in [0.4, 0.5) is 10.1 Å². The molecule has 2 heterocycles. The number of rotatable bonds is 4. The van der Waals surface area contributed by atoms with Crippen LogP contribution >= 0.6 is 0 Å². The summed E-state index contributed by atoms with van der Waals surface area (Å²) in [5.41, 5.74) is 5.04. The lowest BCUT2D eigenvalue weighted by atomic mass is 10.0. The van der Waals surface area contributed by atoms with Crippen LogP contribution in [0, 0.1) is 11.7 Å². The fourth-order valence-corrected chi connectivity index (χ4v) is 3.01. The minimum absolute atomic E-state index is 0.0873. The van der Waals surface area contributed by atoms with E-state index in [2.05, 4.69) is 10.9 Å².